The Bertz CT molecular complexity index is 185. The van der Waals surface area contributed by atoms with Crippen molar-refractivity contribution < 1.29 is 4.74 Å². The lowest BCUT2D eigenvalue weighted by Crippen LogP contribution is -1.85. The van der Waals surface area contributed by atoms with Crippen LogP contribution in [-0.4, -0.2) is 12.1 Å². The fourth-order valence-electron chi connectivity index (χ4n) is 0.622. The zero-order valence-electron chi connectivity index (χ0n) is 5.55. The van der Waals surface area contributed by atoms with Crippen molar-refractivity contribution >= 4 is 11.3 Å². The Morgan fingerprint density at radius 1 is 1.78 bits per heavy atom. The number of aromatic nitrogens is 1. The number of hydrogen-bond acceptors (Lipinski definition) is 3. The van der Waals surface area contributed by atoms with Crippen molar-refractivity contribution in [3.8, 4) is 0 Å². The normalized spacial score (nSPS) is 10.0. The highest BCUT2D eigenvalue weighted by atomic mass is 32.1. The van der Waals surface area contributed by atoms with Crippen molar-refractivity contribution in [2.75, 3.05) is 7.11 Å². The molecule has 1 aromatic heterocycles. The van der Waals surface area contributed by atoms with Gasteiger partial charge in [0.15, 0.2) is 0 Å². The van der Waals surface area contributed by atoms with E-state index in [2.05, 4.69) is 4.98 Å². The number of ether oxygens (including phenoxy) is 1. The first-order chi connectivity index (χ1) is 4.33. The summed E-state index contributed by atoms with van der Waals surface area (Å²) in [5.74, 6) is 0. The van der Waals surface area contributed by atoms with Crippen LogP contribution in [-0.2, 0) is 11.3 Å². The van der Waals surface area contributed by atoms with Gasteiger partial charge in [0.2, 0.25) is 0 Å². The van der Waals surface area contributed by atoms with E-state index in [0.717, 1.165) is 10.7 Å². The molecular weight excluding hydrogens is 134 g/mol. The highest BCUT2D eigenvalue weighted by Gasteiger charge is 1.94. The first kappa shape index (κ1) is 6.71. The first-order valence-corrected chi connectivity index (χ1v) is 3.61. The van der Waals surface area contributed by atoms with E-state index in [1.54, 1.807) is 18.4 Å². The van der Waals surface area contributed by atoms with Gasteiger partial charge in [-0.05, 0) is 6.92 Å². The molecule has 2 nitrogen and oxygen atoms in total. The highest BCUT2D eigenvalue weighted by molar-refractivity contribution is 7.09. The second kappa shape index (κ2) is 2.94. The Kier molecular flexibility index (Phi) is 2.19. The molecule has 0 aliphatic rings. The molecule has 0 bridgehead atoms. The number of methoxy groups -OCH3 is 1. The lowest BCUT2D eigenvalue weighted by Gasteiger charge is -1.88. The fourth-order valence-corrected chi connectivity index (χ4v) is 1.22. The van der Waals surface area contributed by atoms with Crippen LogP contribution in [0.4, 0.5) is 0 Å². The summed E-state index contributed by atoms with van der Waals surface area (Å²) in [4.78, 5) is 4.19. The number of aryl methyl sites for hydroxylation is 1. The second-order valence-corrected chi connectivity index (χ2v) is 2.85. The van der Waals surface area contributed by atoms with Gasteiger partial charge < -0.3 is 4.74 Å². The van der Waals surface area contributed by atoms with Crippen molar-refractivity contribution in [2.45, 2.75) is 13.5 Å². The van der Waals surface area contributed by atoms with Crippen molar-refractivity contribution in [1.29, 1.82) is 0 Å². The summed E-state index contributed by atoms with van der Waals surface area (Å²) < 4.78 is 4.89. The second-order valence-electron chi connectivity index (χ2n) is 1.79. The van der Waals surface area contributed by atoms with Crippen molar-refractivity contribution in [1.82, 2.24) is 4.98 Å². The smallest absolute Gasteiger partial charge is 0.0898 e. The highest BCUT2D eigenvalue weighted by Crippen LogP contribution is 2.07. The maximum atomic E-state index is 4.89. The Hall–Kier alpha value is -0.410. The van der Waals surface area contributed by atoms with Crippen molar-refractivity contribution in [3.63, 3.8) is 0 Å². The maximum absolute atomic E-state index is 4.89. The average molecular weight is 143 g/mol. The van der Waals surface area contributed by atoms with E-state index < -0.39 is 0 Å². The molecule has 0 N–H and O–H groups in total. The number of thiazole rings is 1. The monoisotopic (exact) mass is 143 g/mol. The molecule has 0 spiro atoms. The fraction of sp³-hybridized carbons (Fsp3) is 0.500. The van der Waals surface area contributed by atoms with Crippen LogP contribution in [0.15, 0.2) is 5.38 Å². The third-order valence-electron chi connectivity index (χ3n) is 0.959. The predicted octanol–water partition coefficient (Wildman–Crippen LogP) is 1.60. The molecule has 0 atom stereocenters. The SMILES string of the molecule is COCc1csc(C)n1. The van der Waals surface area contributed by atoms with Crippen LogP contribution in [0.3, 0.4) is 0 Å². The van der Waals surface area contributed by atoms with E-state index in [9.17, 15) is 0 Å². The standard InChI is InChI=1S/C6H9NOS/c1-5-7-6(3-8-2)4-9-5/h4H,3H2,1-2H3. The molecule has 3 heteroatoms. The van der Waals surface area contributed by atoms with Crippen LogP contribution in [0.2, 0.25) is 0 Å². The minimum Gasteiger partial charge on any atom is -0.378 e. The van der Waals surface area contributed by atoms with Crippen molar-refractivity contribution in [2.24, 2.45) is 0 Å². The van der Waals surface area contributed by atoms with Gasteiger partial charge in [-0.25, -0.2) is 4.98 Å². The molecule has 9 heavy (non-hydrogen) atoms. The van der Waals surface area contributed by atoms with E-state index in [1.165, 1.54) is 0 Å². The summed E-state index contributed by atoms with van der Waals surface area (Å²) in [5.41, 5.74) is 1.03. The van der Waals surface area contributed by atoms with Crippen LogP contribution in [0.1, 0.15) is 10.7 Å². The molecule has 0 saturated heterocycles. The Labute approximate surface area is 58.5 Å². The average Bonchev–Trinajstić information content (AvgIpc) is 2.17. The number of nitrogens with zero attached hydrogens (tertiary/aromatic N) is 1. The molecule has 0 aliphatic carbocycles. The molecule has 0 fully saturated rings. The van der Waals surface area contributed by atoms with Gasteiger partial charge in [0.25, 0.3) is 0 Å². The largest absolute Gasteiger partial charge is 0.378 e. The van der Waals surface area contributed by atoms with E-state index in [4.69, 9.17) is 4.74 Å². The molecule has 1 rings (SSSR count). The third-order valence-corrected chi connectivity index (χ3v) is 1.78. The Balaban J connectivity index is 2.61. The van der Waals surface area contributed by atoms with E-state index in [1.807, 2.05) is 12.3 Å². The molecule has 0 aliphatic heterocycles. The molecule has 0 saturated carbocycles. The molecule has 0 unspecified atom stereocenters. The summed E-state index contributed by atoms with van der Waals surface area (Å²) in [6, 6.07) is 0. The number of hydrogen-bond donors (Lipinski definition) is 0. The lowest BCUT2D eigenvalue weighted by molar-refractivity contribution is 0.182. The van der Waals surface area contributed by atoms with Crippen LogP contribution in [0.5, 0.6) is 0 Å². The van der Waals surface area contributed by atoms with Gasteiger partial charge in [-0.15, -0.1) is 11.3 Å². The van der Waals surface area contributed by atoms with Gasteiger partial charge in [-0.3, -0.25) is 0 Å². The van der Waals surface area contributed by atoms with Gasteiger partial charge in [-0.2, -0.15) is 0 Å². The van der Waals surface area contributed by atoms with Gasteiger partial charge in [0, 0.05) is 12.5 Å². The Morgan fingerprint density at radius 3 is 3.00 bits per heavy atom. The lowest BCUT2D eigenvalue weighted by atomic mass is 10.5. The molecular formula is C6H9NOS. The van der Waals surface area contributed by atoms with Crippen LogP contribution >= 0.6 is 11.3 Å². The van der Waals surface area contributed by atoms with Crippen LogP contribution < -0.4 is 0 Å². The number of rotatable bonds is 2. The predicted molar refractivity (Wildman–Crippen MR) is 37.6 cm³/mol. The molecule has 0 radical (unpaired) electrons. The molecule has 0 aromatic carbocycles. The van der Waals surface area contributed by atoms with Gasteiger partial charge in [0.1, 0.15) is 0 Å². The van der Waals surface area contributed by atoms with Gasteiger partial charge in [-0.1, -0.05) is 0 Å². The van der Waals surface area contributed by atoms with Crippen LogP contribution in [0, 0.1) is 6.92 Å². The third kappa shape index (κ3) is 1.77. The minimum absolute atomic E-state index is 0.629. The Morgan fingerprint density at radius 2 is 2.56 bits per heavy atom. The summed E-state index contributed by atoms with van der Waals surface area (Å²) >= 11 is 1.65. The molecule has 1 aromatic rings. The summed E-state index contributed by atoms with van der Waals surface area (Å²) in [5, 5.41) is 3.11. The van der Waals surface area contributed by atoms with Crippen molar-refractivity contribution in [3.05, 3.63) is 16.1 Å². The van der Waals surface area contributed by atoms with Crippen LogP contribution in [0.25, 0.3) is 0 Å². The van der Waals surface area contributed by atoms with E-state index >= 15 is 0 Å². The first-order valence-electron chi connectivity index (χ1n) is 2.73. The summed E-state index contributed by atoms with van der Waals surface area (Å²) in [6.07, 6.45) is 0. The summed E-state index contributed by atoms with van der Waals surface area (Å²) in [6.45, 7) is 2.62. The minimum atomic E-state index is 0.629. The van der Waals surface area contributed by atoms with E-state index in [-0.39, 0.29) is 0 Å². The molecule has 50 valence electrons. The maximum Gasteiger partial charge on any atom is 0.0898 e. The summed E-state index contributed by atoms with van der Waals surface area (Å²) in [7, 11) is 1.68. The zero-order chi connectivity index (χ0) is 6.69. The quantitative estimate of drug-likeness (QED) is 0.627. The van der Waals surface area contributed by atoms with E-state index in [0.29, 0.717) is 6.61 Å². The van der Waals surface area contributed by atoms with Gasteiger partial charge >= 0.3 is 0 Å². The topological polar surface area (TPSA) is 22.1 Å². The molecule has 0 amide bonds. The molecule has 1 heterocycles. The van der Waals surface area contributed by atoms with Gasteiger partial charge in [0.05, 0.1) is 17.3 Å². The zero-order valence-corrected chi connectivity index (χ0v) is 6.36.